The van der Waals surface area contributed by atoms with Gasteiger partial charge < -0.3 is 9.47 Å². The van der Waals surface area contributed by atoms with E-state index in [1.165, 1.54) is 0 Å². The summed E-state index contributed by atoms with van der Waals surface area (Å²) in [6, 6.07) is 0. The van der Waals surface area contributed by atoms with Crippen molar-refractivity contribution in [2.45, 2.75) is 32.0 Å². The van der Waals surface area contributed by atoms with Gasteiger partial charge in [0.25, 0.3) is 0 Å². The first kappa shape index (κ1) is 16.7. The number of hydrogen-bond acceptors (Lipinski definition) is 4. The van der Waals surface area contributed by atoms with Crippen molar-refractivity contribution in [3.8, 4) is 0 Å². The zero-order valence-electron chi connectivity index (χ0n) is 13.3. The number of ether oxygens (including phenoxy) is 2. The lowest BCUT2D eigenvalue weighted by molar-refractivity contribution is -0.143. The van der Waals surface area contributed by atoms with Crippen LogP contribution < -0.4 is 0 Å². The fourth-order valence-electron chi connectivity index (χ4n) is 4.16. The summed E-state index contributed by atoms with van der Waals surface area (Å²) in [4.78, 5) is 24.0. The second kappa shape index (κ2) is 6.21. The largest absolute Gasteiger partial charge is 0.458 e. The number of hydrogen-bond donors (Lipinski definition) is 0. The Morgan fingerprint density at radius 2 is 1.82 bits per heavy atom. The van der Waals surface area contributed by atoms with E-state index in [1.807, 2.05) is 6.92 Å². The average molecular weight is 304 g/mol. The van der Waals surface area contributed by atoms with Crippen LogP contribution in [0.1, 0.15) is 19.8 Å². The zero-order valence-corrected chi connectivity index (χ0v) is 13.3. The summed E-state index contributed by atoms with van der Waals surface area (Å²) in [6.45, 7) is 16.0. The molecule has 4 heteroatoms. The molecule has 0 radical (unpaired) electrons. The molecule has 1 saturated heterocycles. The molecular formula is C18H24O4. The molecule has 0 spiro atoms. The van der Waals surface area contributed by atoms with Crippen molar-refractivity contribution in [3.05, 3.63) is 37.5 Å². The van der Waals surface area contributed by atoms with E-state index in [9.17, 15) is 9.59 Å². The molecule has 0 bridgehead atoms. The molecule has 3 rings (SSSR count). The van der Waals surface area contributed by atoms with Crippen LogP contribution in [0, 0.1) is 23.7 Å². The Balaban J connectivity index is 0.000000847. The highest BCUT2D eigenvalue weighted by atomic mass is 16.6. The lowest BCUT2D eigenvalue weighted by Gasteiger charge is -2.28. The van der Waals surface area contributed by atoms with E-state index in [0.29, 0.717) is 18.4 Å². The second-order valence-corrected chi connectivity index (χ2v) is 6.20. The number of Topliss-reactive ketones (excluding diaryl/α,β-unsaturated/α-hetero) is 1. The van der Waals surface area contributed by atoms with Crippen LogP contribution in [0.25, 0.3) is 0 Å². The smallest absolute Gasteiger partial charge is 0.334 e. The lowest BCUT2D eigenvalue weighted by Crippen LogP contribution is -2.36. The summed E-state index contributed by atoms with van der Waals surface area (Å²) in [5, 5.41) is 0. The van der Waals surface area contributed by atoms with Crippen LogP contribution in [0.5, 0.6) is 0 Å². The van der Waals surface area contributed by atoms with E-state index >= 15 is 0 Å². The standard InChI is InChI=1S/C16H20O4.C2H4/c1-7-5-12(19-4)14-9(3)16(18)20-15(14)13-8(2)11(17)6-10(7)13;1-2/h8,10,12-15H,1,3,5-6H2,2,4H3;1-2H2. The maximum Gasteiger partial charge on any atom is 0.334 e. The van der Waals surface area contributed by atoms with E-state index in [-0.39, 0.29) is 47.6 Å². The van der Waals surface area contributed by atoms with Crippen LogP contribution in [0.3, 0.4) is 0 Å². The molecule has 3 fully saturated rings. The molecule has 1 heterocycles. The van der Waals surface area contributed by atoms with E-state index in [4.69, 9.17) is 9.47 Å². The molecule has 0 aromatic heterocycles. The van der Waals surface area contributed by atoms with Gasteiger partial charge in [-0.05, 0) is 12.3 Å². The lowest BCUT2D eigenvalue weighted by atomic mass is 9.79. The van der Waals surface area contributed by atoms with Gasteiger partial charge >= 0.3 is 5.97 Å². The van der Waals surface area contributed by atoms with Crippen molar-refractivity contribution in [3.63, 3.8) is 0 Å². The maximum absolute atomic E-state index is 12.1. The average Bonchev–Trinajstić information content (AvgIpc) is 2.92. The molecule has 4 nitrogen and oxygen atoms in total. The third-order valence-electron chi connectivity index (χ3n) is 5.30. The van der Waals surface area contributed by atoms with Gasteiger partial charge in [0.1, 0.15) is 11.9 Å². The molecule has 3 aliphatic rings. The van der Waals surface area contributed by atoms with Crippen molar-refractivity contribution in [2.75, 3.05) is 7.11 Å². The molecule has 6 unspecified atom stereocenters. The molecule has 0 amide bonds. The number of rotatable bonds is 1. The van der Waals surface area contributed by atoms with Crippen molar-refractivity contribution < 1.29 is 19.1 Å². The van der Waals surface area contributed by atoms with Crippen molar-refractivity contribution in [1.82, 2.24) is 0 Å². The van der Waals surface area contributed by atoms with E-state index in [0.717, 1.165) is 5.57 Å². The topological polar surface area (TPSA) is 52.6 Å². The highest BCUT2D eigenvalue weighted by Gasteiger charge is 2.57. The molecular weight excluding hydrogens is 280 g/mol. The van der Waals surface area contributed by atoms with Crippen molar-refractivity contribution in [2.24, 2.45) is 23.7 Å². The summed E-state index contributed by atoms with van der Waals surface area (Å²) in [7, 11) is 1.64. The minimum atomic E-state index is -0.347. The number of carbonyl (C=O) groups is 2. The van der Waals surface area contributed by atoms with Gasteiger partial charge in [-0.25, -0.2) is 4.79 Å². The van der Waals surface area contributed by atoms with E-state index < -0.39 is 0 Å². The monoisotopic (exact) mass is 304 g/mol. The first-order valence-corrected chi connectivity index (χ1v) is 7.58. The minimum absolute atomic E-state index is 0.0170. The van der Waals surface area contributed by atoms with Gasteiger partial charge in [-0.3, -0.25) is 4.79 Å². The highest BCUT2D eigenvalue weighted by Crippen LogP contribution is 2.51. The zero-order chi connectivity index (χ0) is 16.6. The van der Waals surface area contributed by atoms with Crippen molar-refractivity contribution in [1.29, 1.82) is 0 Å². The Labute approximate surface area is 131 Å². The quantitative estimate of drug-likeness (QED) is 0.424. The third kappa shape index (κ3) is 2.35. The van der Waals surface area contributed by atoms with E-state index in [1.54, 1.807) is 7.11 Å². The molecule has 2 saturated carbocycles. The molecule has 6 atom stereocenters. The summed E-state index contributed by atoms with van der Waals surface area (Å²) in [5.41, 5.74) is 1.51. The molecule has 22 heavy (non-hydrogen) atoms. The van der Waals surface area contributed by atoms with Crippen LogP contribution in [-0.2, 0) is 19.1 Å². The molecule has 0 aromatic rings. The maximum atomic E-state index is 12.1. The molecule has 1 aliphatic heterocycles. The fourth-order valence-corrected chi connectivity index (χ4v) is 4.16. The first-order chi connectivity index (χ1) is 10.5. The number of ketones is 1. The summed E-state index contributed by atoms with van der Waals surface area (Å²) < 4.78 is 11.1. The molecule has 0 aromatic carbocycles. The Bertz CT molecular complexity index is 521. The first-order valence-electron chi connectivity index (χ1n) is 7.58. The Hall–Kier alpha value is -1.68. The van der Waals surface area contributed by atoms with Gasteiger partial charge in [0.05, 0.1) is 12.0 Å². The number of methoxy groups -OCH3 is 1. The number of fused-ring (bicyclic) bond motifs is 3. The normalized spacial score (nSPS) is 40.3. The second-order valence-electron chi connectivity index (χ2n) is 6.20. The van der Waals surface area contributed by atoms with Gasteiger partial charge in [0, 0.05) is 30.9 Å². The van der Waals surface area contributed by atoms with Gasteiger partial charge in [-0.15, -0.1) is 13.2 Å². The summed E-state index contributed by atoms with van der Waals surface area (Å²) in [5.74, 6) is -0.248. The Morgan fingerprint density at radius 1 is 1.18 bits per heavy atom. The van der Waals surface area contributed by atoms with Gasteiger partial charge in [0.15, 0.2) is 0 Å². The number of carbonyl (C=O) groups excluding carboxylic acids is 2. The molecule has 2 aliphatic carbocycles. The van der Waals surface area contributed by atoms with Crippen LogP contribution in [-0.4, -0.2) is 31.1 Å². The minimum Gasteiger partial charge on any atom is -0.458 e. The Morgan fingerprint density at radius 3 is 2.41 bits per heavy atom. The Kier molecular flexibility index (Phi) is 4.71. The van der Waals surface area contributed by atoms with Gasteiger partial charge in [-0.1, -0.05) is 25.7 Å². The van der Waals surface area contributed by atoms with E-state index in [2.05, 4.69) is 26.3 Å². The van der Waals surface area contributed by atoms with Crippen LogP contribution in [0.15, 0.2) is 37.5 Å². The SMILES string of the molecule is C=C.C=C1CC(OC)C2C(=C)C(=O)OC2C2C(C)C(=O)CC12. The predicted molar refractivity (Wildman–Crippen MR) is 84.1 cm³/mol. The van der Waals surface area contributed by atoms with Gasteiger partial charge in [-0.2, -0.15) is 0 Å². The predicted octanol–water partition coefficient (Wildman–Crippen LogP) is 2.70. The van der Waals surface area contributed by atoms with Crippen LogP contribution in [0.4, 0.5) is 0 Å². The third-order valence-corrected chi connectivity index (χ3v) is 5.30. The molecule has 0 N–H and O–H groups in total. The van der Waals surface area contributed by atoms with Gasteiger partial charge in [0.2, 0.25) is 0 Å². The van der Waals surface area contributed by atoms with Crippen molar-refractivity contribution >= 4 is 11.8 Å². The summed E-state index contributed by atoms with van der Waals surface area (Å²) >= 11 is 0. The van der Waals surface area contributed by atoms with Crippen LogP contribution >= 0.6 is 0 Å². The summed E-state index contributed by atoms with van der Waals surface area (Å²) in [6.07, 6.45) is 0.730. The number of esters is 1. The fraction of sp³-hybridized carbons (Fsp3) is 0.556. The molecule has 120 valence electrons. The van der Waals surface area contributed by atoms with Crippen LogP contribution in [0.2, 0.25) is 0 Å². The highest BCUT2D eigenvalue weighted by molar-refractivity contribution is 5.91.